The number of nitrogens with two attached hydrogens (primary N) is 1. The van der Waals surface area contributed by atoms with Crippen molar-refractivity contribution < 1.29 is 19.1 Å². The summed E-state index contributed by atoms with van der Waals surface area (Å²) in [6.45, 7) is 3.39. The van der Waals surface area contributed by atoms with Crippen LogP contribution in [0.3, 0.4) is 0 Å². The molecule has 2 aromatic rings. The second kappa shape index (κ2) is 9.64. The number of esters is 2. The molecule has 0 bridgehead atoms. The van der Waals surface area contributed by atoms with Crippen molar-refractivity contribution in [3.63, 3.8) is 0 Å². The number of benzene rings is 2. The first-order valence-corrected chi connectivity index (χ1v) is 10.8. The third kappa shape index (κ3) is 3.72. The molecule has 0 heterocycles. The van der Waals surface area contributed by atoms with Crippen LogP contribution in [-0.4, -0.2) is 25.2 Å². The Balaban J connectivity index is 2.43. The van der Waals surface area contributed by atoms with Crippen molar-refractivity contribution in [1.29, 1.82) is 5.26 Å². The van der Waals surface area contributed by atoms with Crippen LogP contribution in [0, 0.1) is 16.7 Å². The number of ether oxygens (including phenoxy) is 2. The lowest BCUT2D eigenvalue weighted by Crippen LogP contribution is -2.40. The first kappa shape index (κ1) is 23.6. The van der Waals surface area contributed by atoms with E-state index in [9.17, 15) is 14.9 Å². The summed E-state index contributed by atoms with van der Waals surface area (Å²) >= 11 is 13.1. The fourth-order valence-electron chi connectivity index (χ4n) is 4.27. The molecule has 0 aromatic heterocycles. The summed E-state index contributed by atoms with van der Waals surface area (Å²) in [7, 11) is 0. The topological polar surface area (TPSA) is 102 Å². The van der Waals surface area contributed by atoms with E-state index in [4.69, 9.17) is 38.4 Å². The van der Waals surface area contributed by atoms with Gasteiger partial charge in [-0.1, -0.05) is 59.6 Å². The average Bonchev–Trinajstić information content (AvgIpc) is 3.04. The van der Waals surface area contributed by atoms with Crippen molar-refractivity contribution in [3.05, 3.63) is 81.0 Å². The van der Waals surface area contributed by atoms with Crippen molar-refractivity contribution in [2.45, 2.75) is 25.7 Å². The number of nitriles is 1. The molecule has 32 heavy (non-hydrogen) atoms. The maximum Gasteiger partial charge on any atom is 0.336 e. The Kier molecular flexibility index (Phi) is 7.12. The van der Waals surface area contributed by atoms with Gasteiger partial charge in [-0.15, -0.1) is 0 Å². The van der Waals surface area contributed by atoms with Gasteiger partial charge in [-0.05, 0) is 37.1 Å². The minimum absolute atomic E-state index is 0.000488. The smallest absolute Gasteiger partial charge is 0.336 e. The minimum atomic E-state index is -2.01. The third-order valence-electron chi connectivity index (χ3n) is 5.58. The molecule has 166 valence electrons. The minimum Gasteiger partial charge on any atom is -0.464 e. The lowest BCUT2D eigenvalue weighted by atomic mass is 9.68. The summed E-state index contributed by atoms with van der Waals surface area (Å²) in [5, 5.41) is 11.0. The van der Waals surface area contributed by atoms with Gasteiger partial charge in [-0.2, -0.15) is 5.26 Å². The maximum atomic E-state index is 13.3. The van der Waals surface area contributed by atoms with Crippen molar-refractivity contribution in [1.82, 2.24) is 0 Å². The maximum absolute atomic E-state index is 13.3. The standard InChI is InChI=1S/C24H22Cl2N2O4/c1-3-31-22(29)19-18(14-9-5-7-11-16(14)25)20(15-10-6-8-12-17(15)26)24(13-27,21(19)28)23(30)32-4-2/h5-12,18,20H,3-4,28H2,1-2H3/t18-,20+,24-/m0/s1. The molecule has 0 amide bonds. The molecule has 1 aliphatic carbocycles. The first-order valence-electron chi connectivity index (χ1n) is 10.1. The zero-order chi connectivity index (χ0) is 23.5. The van der Waals surface area contributed by atoms with Gasteiger partial charge in [0.1, 0.15) is 0 Å². The highest BCUT2D eigenvalue weighted by molar-refractivity contribution is 6.32. The van der Waals surface area contributed by atoms with E-state index in [2.05, 4.69) is 6.07 Å². The van der Waals surface area contributed by atoms with Crippen molar-refractivity contribution >= 4 is 35.1 Å². The quantitative estimate of drug-likeness (QED) is 0.609. The number of carbonyl (C=O) groups excluding carboxylic acids is 2. The van der Waals surface area contributed by atoms with Crippen molar-refractivity contribution in [3.8, 4) is 6.07 Å². The SMILES string of the molecule is CCOC(=O)C1=C(N)[C@@](C#N)(C(=O)OCC)[C@H](c2ccccc2Cl)[C@H]1c1ccccc1Cl. The van der Waals surface area contributed by atoms with Crippen LogP contribution in [0.25, 0.3) is 0 Å². The summed E-state index contributed by atoms with van der Waals surface area (Å²) in [4.78, 5) is 26.4. The largest absolute Gasteiger partial charge is 0.464 e. The number of hydrogen-bond acceptors (Lipinski definition) is 6. The molecule has 0 saturated heterocycles. The molecular formula is C24H22Cl2N2O4. The Labute approximate surface area is 196 Å². The van der Waals surface area contributed by atoms with Gasteiger partial charge in [0.2, 0.25) is 5.41 Å². The highest BCUT2D eigenvalue weighted by Gasteiger charge is 2.62. The lowest BCUT2D eigenvalue weighted by Gasteiger charge is -2.32. The van der Waals surface area contributed by atoms with Crippen molar-refractivity contribution in [2.24, 2.45) is 11.1 Å². The van der Waals surface area contributed by atoms with Crippen LogP contribution in [0.15, 0.2) is 59.8 Å². The van der Waals surface area contributed by atoms with E-state index >= 15 is 0 Å². The molecular weight excluding hydrogens is 451 g/mol. The third-order valence-corrected chi connectivity index (χ3v) is 6.26. The highest BCUT2D eigenvalue weighted by Crippen LogP contribution is 2.60. The van der Waals surface area contributed by atoms with Gasteiger partial charge in [0, 0.05) is 21.9 Å². The number of rotatable bonds is 6. The van der Waals surface area contributed by atoms with E-state index in [1.807, 2.05) is 0 Å². The number of nitrogens with zero attached hydrogens (tertiary/aromatic N) is 1. The molecule has 0 radical (unpaired) electrons. The van der Waals surface area contributed by atoms with Gasteiger partial charge < -0.3 is 15.2 Å². The van der Waals surface area contributed by atoms with Gasteiger partial charge in [-0.25, -0.2) is 9.59 Å². The van der Waals surface area contributed by atoms with Crippen LogP contribution in [0.1, 0.15) is 36.8 Å². The highest BCUT2D eigenvalue weighted by atomic mass is 35.5. The van der Waals surface area contributed by atoms with E-state index in [1.54, 1.807) is 62.4 Å². The van der Waals surface area contributed by atoms with Crippen LogP contribution in [-0.2, 0) is 19.1 Å². The van der Waals surface area contributed by atoms with Gasteiger partial charge in [0.05, 0.1) is 30.6 Å². The number of carbonyl (C=O) groups is 2. The monoisotopic (exact) mass is 472 g/mol. The predicted octanol–water partition coefficient (Wildman–Crippen LogP) is 4.72. The van der Waals surface area contributed by atoms with Crippen molar-refractivity contribution in [2.75, 3.05) is 13.2 Å². The van der Waals surface area contributed by atoms with E-state index < -0.39 is 29.2 Å². The van der Waals surface area contributed by atoms with Crippen LogP contribution in [0.4, 0.5) is 0 Å². The first-order chi connectivity index (χ1) is 15.3. The summed E-state index contributed by atoms with van der Waals surface area (Å²) in [6.07, 6.45) is 0. The Hall–Kier alpha value is -3.01. The molecule has 0 unspecified atom stereocenters. The predicted molar refractivity (Wildman–Crippen MR) is 121 cm³/mol. The Morgan fingerprint density at radius 1 is 1.00 bits per heavy atom. The average molecular weight is 473 g/mol. The summed E-state index contributed by atoms with van der Waals surface area (Å²) in [5.74, 6) is -3.43. The Bertz CT molecular complexity index is 1120. The van der Waals surface area contributed by atoms with E-state index in [0.29, 0.717) is 21.2 Å². The van der Waals surface area contributed by atoms with Crippen LogP contribution in [0.5, 0.6) is 0 Å². The van der Waals surface area contributed by atoms with Gasteiger partial charge in [0.15, 0.2) is 0 Å². The second-order valence-electron chi connectivity index (χ2n) is 7.19. The summed E-state index contributed by atoms with van der Waals surface area (Å²) in [6, 6.07) is 15.8. The second-order valence-corrected chi connectivity index (χ2v) is 8.00. The molecule has 1 aliphatic rings. The molecule has 8 heteroatoms. The van der Waals surface area contributed by atoms with E-state index in [1.165, 1.54) is 0 Å². The van der Waals surface area contributed by atoms with E-state index in [0.717, 1.165) is 0 Å². The molecule has 0 saturated carbocycles. The molecule has 0 fully saturated rings. The van der Waals surface area contributed by atoms with Gasteiger partial charge in [0.25, 0.3) is 0 Å². The zero-order valence-corrected chi connectivity index (χ0v) is 19.1. The fourth-order valence-corrected chi connectivity index (χ4v) is 4.78. The molecule has 2 N–H and O–H groups in total. The van der Waals surface area contributed by atoms with Gasteiger partial charge >= 0.3 is 11.9 Å². The fraction of sp³-hybridized carbons (Fsp3) is 0.292. The summed E-state index contributed by atoms with van der Waals surface area (Å²) < 4.78 is 10.5. The van der Waals surface area contributed by atoms with Crippen LogP contribution >= 0.6 is 23.2 Å². The summed E-state index contributed by atoms with van der Waals surface area (Å²) in [5.41, 5.74) is 5.22. The van der Waals surface area contributed by atoms with E-state index in [-0.39, 0.29) is 24.5 Å². The Morgan fingerprint density at radius 3 is 2.03 bits per heavy atom. The zero-order valence-electron chi connectivity index (χ0n) is 17.6. The lowest BCUT2D eigenvalue weighted by molar-refractivity contribution is -0.151. The van der Waals surface area contributed by atoms with Gasteiger partial charge in [-0.3, -0.25) is 0 Å². The molecule has 6 nitrogen and oxygen atoms in total. The molecule has 0 spiro atoms. The number of hydrogen-bond donors (Lipinski definition) is 1. The van der Waals surface area contributed by atoms with Crippen LogP contribution in [0.2, 0.25) is 10.0 Å². The molecule has 3 atom stereocenters. The molecule has 2 aromatic carbocycles. The molecule has 0 aliphatic heterocycles. The Morgan fingerprint density at radius 2 is 1.53 bits per heavy atom. The van der Waals surface area contributed by atoms with Crippen LogP contribution < -0.4 is 5.73 Å². The molecule has 3 rings (SSSR count). The number of halogens is 2. The normalized spacial score (nSPS) is 22.3.